The first kappa shape index (κ1) is 21.7. The molecule has 1 saturated heterocycles. The summed E-state index contributed by atoms with van der Waals surface area (Å²) in [5.74, 6) is 1.36. The molecule has 1 atom stereocenters. The Morgan fingerprint density at radius 1 is 1.03 bits per heavy atom. The zero-order chi connectivity index (χ0) is 21.9. The van der Waals surface area contributed by atoms with E-state index in [1.807, 2.05) is 12.1 Å². The molecule has 3 aromatic rings. The lowest BCUT2D eigenvalue weighted by Crippen LogP contribution is -2.46. The van der Waals surface area contributed by atoms with Crippen LogP contribution in [0.3, 0.4) is 0 Å². The minimum atomic E-state index is 0.0781. The molecule has 0 spiro atoms. The number of fused-ring (bicyclic) bond motifs is 1. The second-order valence-electron chi connectivity index (χ2n) is 9.25. The Labute approximate surface area is 198 Å². The number of hydrogen-bond acceptors (Lipinski definition) is 3. The number of hydrogen-bond donors (Lipinski definition) is 1. The number of nitrogens with one attached hydrogen (secondary N) is 1. The molecule has 2 heterocycles. The van der Waals surface area contributed by atoms with Crippen LogP contribution in [0.1, 0.15) is 50.8 Å². The molecule has 168 valence electrons. The van der Waals surface area contributed by atoms with Gasteiger partial charge in [-0.1, -0.05) is 53.4 Å². The van der Waals surface area contributed by atoms with Crippen molar-refractivity contribution in [3.8, 4) is 5.69 Å². The minimum Gasteiger partial charge on any atom is -0.353 e. The molecule has 32 heavy (non-hydrogen) atoms. The fourth-order valence-electron chi connectivity index (χ4n) is 5.26. The number of halogens is 1. The monoisotopic (exact) mass is 494 g/mol. The summed E-state index contributed by atoms with van der Waals surface area (Å²) in [6.45, 7) is 2.56. The van der Waals surface area contributed by atoms with Crippen molar-refractivity contribution in [3.05, 3.63) is 58.8 Å². The third-order valence-electron chi connectivity index (χ3n) is 6.89. The van der Waals surface area contributed by atoms with Crippen LogP contribution in [0.2, 0.25) is 0 Å². The molecule has 0 unspecified atom stereocenters. The molecule has 2 fully saturated rings. The normalized spacial score (nSPS) is 20.5. The summed E-state index contributed by atoms with van der Waals surface area (Å²) >= 11 is 3.61. The van der Waals surface area contributed by atoms with Gasteiger partial charge in [0.15, 0.2) is 0 Å². The number of likely N-dealkylation sites (tertiary alicyclic amines) is 1. The van der Waals surface area contributed by atoms with Gasteiger partial charge in [0.2, 0.25) is 5.91 Å². The quantitative estimate of drug-likeness (QED) is 0.512. The van der Waals surface area contributed by atoms with Crippen molar-refractivity contribution in [3.63, 3.8) is 0 Å². The number of carbonyl (C=O) groups is 1. The number of carbonyl (C=O) groups excluding carboxylic acids is 1. The first-order chi connectivity index (χ1) is 15.7. The van der Waals surface area contributed by atoms with Crippen LogP contribution in [0.4, 0.5) is 0 Å². The van der Waals surface area contributed by atoms with E-state index in [-0.39, 0.29) is 11.8 Å². The molecule has 5 nitrogen and oxygen atoms in total. The highest BCUT2D eigenvalue weighted by molar-refractivity contribution is 9.10. The van der Waals surface area contributed by atoms with Crippen LogP contribution in [0, 0.1) is 5.92 Å². The van der Waals surface area contributed by atoms with Crippen molar-refractivity contribution >= 4 is 32.9 Å². The molecule has 5 rings (SSSR count). The maximum Gasteiger partial charge on any atom is 0.224 e. The Morgan fingerprint density at radius 2 is 1.88 bits per heavy atom. The molecule has 2 aromatic carbocycles. The molecular formula is C26H31BrN4O. The van der Waals surface area contributed by atoms with Gasteiger partial charge in [-0.3, -0.25) is 14.3 Å². The largest absolute Gasteiger partial charge is 0.353 e. The number of rotatable bonds is 5. The molecule has 0 radical (unpaired) electrons. The minimum absolute atomic E-state index is 0.0781. The van der Waals surface area contributed by atoms with Gasteiger partial charge in [0, 0.05) is 22.7 Å². The lowest BCUT2D eigenvalue weighted by Gasteiger charge is -2.33. The number of imidazole rings is 1. The van der Waals surface area contributed by atoms with Crippen molar-refractivity contribution in [2.45, 2.75) is 57.5 Å². The Hall–Kier alpha value is -2.18. The molecule has 1 amide bonds. The fourth-order valence-corrected chi connectivity index (χ4v) is 5.65. The predicted molar refractivity (Wildman–Crippen MR) is 132 cm³/mol. The third kappa shape index (κ3) is 4.76. The summed E-state index contributed by atoms with van der Waals surface area (Å²) in [7, 11) is 0. The number of para-hydroxylation sites is 2. The van der Waals surface area contributed by atoms with E-state index < -0.39 is 0 Å². The first-order valence-corrected chi connectivity index (χ1v) is 12.7. The maximum atomic E-state index is 13.0. The Morgan fingerprint density at radius 3 is 2.72 bits per heavy atom. The molecule has 1 aliphatic heterocycles. The van der Waals surface area contributed by atoms with Gasteiger partial charge in [-0.05, 0) is 62.6 Å². The van der Waals surface area contributed by atoms with Gasteiger partial charge in [0.1, 0.15) is 5.82 Å². The molecule has 6 heteroatoms. The van der Waals surface area contributed by atoms with E-state index in [0.717, 1.165) is 72.3 Å². The van der Waals surface area contributed by atoms with Crippen LogP contribution in [0.5, 0.6) is 0 Å². The van der Waals surface area contributed by atoms with Crippen LogP contribution < -0.4 is 5.32 Å². The van der Waals surface area contributed by atoms with Crippen LogP contribution in [-0.2, 0) is 11.3 Å². The number of benzene rings is 2. The summed E-state index contributed by atoms with van der Waals surface area (Å²) in [6.07, 6.45) is 8.11. The van der Waals surface area contributed by atoms with E-state index in [2.05, 4.69) is 67.1 Å². The Balaban J connectivity index is 1.35. The van der Waals surface area contributed by atoms with E-state index in [1.165, 1.54) is 19.3 Å². The molecule has 0 bridgehead atoms. The molecule has 1 aliphatic carbocycles. The van der Waals surface area contributed by atoms with E-state index in [4.69, 9.17) is 4.98 Å². The Kier molecular flexibility index (Phi) is 6.60. The van der Waals surface area contributed by atoms with Gasteiger partial charge in [-0.15, -0.1) is 0 Å². The molecule has 1 N–H and O–H groups in total. The smallest absolute Gasteiger partial charge is 0.224 e. The lowest BCUT2D eigenvalue weighted by atomic mass is 9.93. The van der Waals surface area contributed by atoms with Crippen molar-refractivity contribution in [2.24, 2.45) is 5.92 Å². The highest BCUT2D eigenvalue weighted by atomic mass is 79.9. The molecule has 1 aromatic heterocycles. The van der Waals surface area contributed by atoms with E-state index >= 15 is 0 Å². The third-order valence-corrected chi connectivity index (χ3v) is 7.38. The summed E-state index contributed by atoms with van der Waals surface area (Å²) in [5, 5.41) is 3.35. The van der Waals surface area contributed by atoms with Crippen molar-refractivity contribution < 1.29 is 4.79 Å². The number of piperidine rings is 1. The average Bonchev–Trinajstić information content (AvgIpc) is 3.17. The van der Waals surface area contributed by atoms with Crippen molar-refractivity contribution in [1.82, 2.24) is 19.8 Å². The topological polar surface area (TPSA) is 50.2 Å². The van der Waals surface area contributed by atoms with Crippen LogP contribution >= 0.6 is 15.9 Å². The molecular weight excluding hydrogens is 464 g/mol. The van der Waals surface area contributed by atoms with Crippen LogP contribution in [0.15, 0.2) is 53.0 Å². The number of amides is 1. The SMILES string of the molecule is O=C(NC1CCCCC1)[C@H]1CCCN(Cc2nc3ccccc3n2-c2cccc(Br)c2)C1. The number of aromatic nitrogens is 2. The van der Waals surface area contributed by atoms with Crippen LogP contribution in [0.25, 0.3) is 16.7 Å². The zero-order valence-electron chi connectivity index (χ0n) is 18.5. The van der Waals surface area contributed by atoms with E-state index in [1.54, 1.807) is 0 Å². The van der Waals surface area contributed by atoms with Crippen LogP contribution in [-0.4, -0.2) is 39.5 Å². The summed E-state index contributed by atoms with van der Waals surface area (Å²) < 4.78 is 3.31. The predicted octanol–water partition coefficient (Wildman–Crippen LogP) is 5.45. The fraction of sp³-hybridized carbons (Fsp3) is 0.462. The van der Waals surface area contributed by atoms with Gasteiger partial charge in [0.25, 0.3) is 0 Å². The highest BCUT2D eigenvalue weighted by Crippen LogP contribution is 2.26. The number of nitrogens with zero attached hydrogens (tertiary/aromatic N) is 3. The van der Waals surface area contributed by atoms with E-state index in [9.17, 15) is 4.79 Å². The Bertz CT molecular complexity index is 1090. The highest BCUT2D eigenvalue weighted by Gasteiger charge is 2.28. The van der Waals surface area contributed by atoms with E-state index in [0.29, 0.717) is 6.04 Å². The van der Waals surface area contributed by atoms with Crippen molar-refractivity contribution in [1.29, 1.82) is 0 Å². The van der Waals surface area contributed by atoms with Gasteiger partial charge < -0.3 is 5.32 Å². The second-order valence-corrected chi connectivity index (χ2v) is 10.2. The first-order valence-electron chi connectivity index (χ1n) is 11.9. The van der Waals surface area contributed by atoms with Gasteiger partial charge in [-0.25, -0.2) is 4.98 Å². The molecule has 2 aliphatic rings. The molecule has 1 saturated carbocycles. The summed E-state index contributed by atoms with van der Waals surface area (Å²) in [5.41, 5.74) is 3.22. The van der Waals surface area contributed by atoms with Crippen molar-refractivity contribution in [2.75, 3.05) is 13.1 Å². The van der Waals surface area contributed by atoms with Gasteiger partial charge in [0.05, 0.1) is 23.5 Å². The standard InChI is InChI=1S/C26H31BrN4O/c27-20-9-6-12-22(16-20)31-24-14-5-4-13-23(24)29-25(31)18-30-15-7-8-19(17-30)26(32)28-21-10-2-1-3-11-21/h4-6,9,12-14,16,19,21H,1-3,7-8,10-11,15,17-18H2,(H,28,32)/t19-/m0/s1. The second kappa shape index (κ2) is 9.75. The zero-order valence-corrected chi connectivity index (χ0v) is 20.1. The maximum absolute atomic E-state index is 13.0. The van der Waals surface area contributed by atoms with Gasteiger partial charge >= 0.3 is 0 Å². The summed E-state index contributed by atoms with van der Waals surface area (Å²) in [4.78, 5) is 20.4. The van der Waals surface area contributed by atoms with Gasteiger partial charge in [-0.2, -0.15) is 0 Å². The summed E-state index contributed by atoms with van der Waals surface area (Å²) in [6, 6.07) is 17.0. The lowest BCUT2D eigenvalue weighted by molar-refractivity contribution is -0.127. The average molecular weight is 495 g/mol.